The van der Waals surface area contributed by atoms with Gasteiger partial charge in [0.2, 0.25) is 0 Å². The zero-order valence-corrected chi connectivity index (χ0v) is 13.4. The molecule has 1 aromatic carbocycles. The van der Waals surface area contributed by atoms with Crippen LogP contribution in [0, 0.1) is 0 Å². The summed E-state index contributed by atoms with van der Waals surface area (Å²) in [5.74, 6) is 3.57. The summed E-state index contributed by atoms with van der Waals surface area (Å²) >= 11 is 0. The van der Waals surface area contributed by atoms with E-state index in [2.05, 4.69) is 30.4 Å². The lowest BCUT2D eigenvalue weighted by Crippen LogP contribution is -1.85. The molecule has 0 saturated heterocycles. The Hall–Kier alpha value is -3.94. The third-order valence-electron chi connectivity index (χ3n) is 3.86. The summed E-state index contributed by atoms with van der Waals surface area (Å²) in [6, 6.07) is 15.0. The number of H-pyrrole nitrogens is 2. The highest BCUT2D eigenvalue weighted by Crippen LogP contribution is 2.25. The molecule has 0 aliphatic rings. The largest absolute Gasteiger partial charge is 0.461 e. The lowest BCUT2D eigenvalue weighted by Gasteiger charge is -1.98. The first-order valence-corrected chi connectivity index (χ1v) is 7.90. The van der Waals surface area contributed by atoms with Gasteiger partial charge in [0.05, 0.1) is 12.5 Å². The molecule has 0 aliphatic heterocycles. The molecule has 0 spiro atoms. The second-order valence-electron chi connectivity index (χ2n) is 5.55. The van der Waals surface area contributed by atoms with Gasteiger partial charge in [-0.05, 0) is 30.3 Å². The van der Waals surface area contributed by atoms with Crippen molar-refractivity contribution in [2.45, 2.75) is 0 Å². The molecule has 0 amide bonds. The van der Waals surface area contributed by atoms with Gasteiger partial charge in [0, 0.05) is 11.1 Å². The highest BCUT2D eigenvalue weighted by atomic mass is 16.3. The highest BCUT2D eigenvalue weighted by Gasteiger charge is 2.13. The predicted molar refractivity (Wildman–Crippen MR) is 92.6 cm³/mol. The van der Waals surface area contributed by atoms with Gasteiger partial charge in [0.15, 0.2) is 34.8 Å². The van der Waals surface area contributed by atoms with Crippen LogP contribution >= 0.6 is 0 Å². The molecule has 0 fully saturated rings. The Labute approximate surface area is 146 Å². The fourth-order valence-electron chi connectivity index (χ4n) is 2.63. The maximum absolute atomic E-state index is 5.33. The van der Waals surface area contributed by atoms with Gasteiger partial charge in [-0.2, -0.15) is 10.2 Å². The molecule has 0 radical (unpaired) electrons. The first-order valence-electron chi connectivity index (χ1n) is 7.90. The summed E-state index contributed by atoms with van der Waals surface area (Å²) in [4.78, 5) is 8.96. The lowest BCUT2D eigenvalue weighted by atomic mass is 10.1. The Morgan fingerprint density at radius 3 is 1.65 bits per heavy atom. The molecule has 0 saturated carbocycles. The van der Waals surface area contributed by atoms with Crippen LogP contribution in [-0.4, -0.2) is 30.4 Å². The smallest absolute Gasteiger partial charge is 0.192 e. The van der Waals surface area contributed by atoms with E-state index in [1.165, 1.54) is 0 Å². The molecule has 0 bridgehead atoms. The Morgan fingerprint density at radius 2 is 1.19 bits per heavy atom. The van der Waals surface area contributed by atoms with E-state index < -0.39 is 0 Å². The molecular weight excluding hydrogens is 332 g/mol. The minimum Gasteiger partial charge on any atom is -0.461 e. The maximum Gasteiger partial charge on any atom is 0.192 e. The Morgan fingerprint density at radius 1 is 0.654 bits per heavy atom. The summed E-state index contributed by atoms with van der Waals surface area (Å²) in [7, 11) is 0. The van der Waals surface area contributed by atoms with Gasteiger partial charge in [-0.15, -0.1) is 0 Å². The van der Waals surface area contributed by atoms with Crippen LogP contribution in [0.3, 0.4) is 0 Å². The normalized spacial score (nSPS) is 11.1. The van der Waals surface area contributed by atoms with E-state index in [9.17, 15) is 0 Å². The maximum atomic E-state index is 5.33. The van der Waals surface area contributed by atoms with Crippen LogP contribution in [0.1, 0.15) is 0 Å². The summed E-state index contributed by atoms with van der Waals surface area (Å²) < 4.78 is 10.7. The average Bonchev–Trinajstić information content (AvgIpc) is 3.49. The highest BCUT2D eigenvalue weighted by molar-refractivity contribution is 5.67. The molecule has 126 valence electrons. The van der Waals surface area contributed by atoms with Gasteiger partial charge in [0.25, 0.3) is 0 Å². The number of furan rings is 2. The predicted octanol–water partition coefficient (Wildman–Crippen LogP) is 3.78. The van der Waals surface area contributed by atoms with Crippen LogP contribution in [0.25, 0.3) is 45.9 Å². The number of nitrogens with zero attached hydrogens (tertiary/aromatic N) is 4. The third kappa shape index (κ3) is 2.49. The van der Waals surface area contributed by atoms with E-state index in [0.717, 1.165) is 11.1 Å². The van der Waals surface area contributed by atoms with Crippen molar-refractivity contribution in [2.24, 2.45) is 0 Å². The number of hydrogen-bond donors (Lipinski definition) is 2. The van der Waals surface area contributed by atoms with Gasteiger partial charge in [-0.3, -0.25) is 10.2 Å². The molecule has 0 aliphatic carbocycles. The molecule has 5 aromatic rings. The first kappa shape index (κ1) is 14.4. The number of rotatable bonds is 4. The quantitative estimate of drug-likeness (QED) is 0.513. The van der Waals surface area contributed by atoms with Gasteiger partial charge in [-0.25, -0.2) is 9.97 Å². The number of hydrogen-bond acceptors (Lipinski definition) is 6. The van der Waals surface area contributed by atoms with Crippen molar-refractivity contribution in [3.8, 4) is 45.9 Å². The van der Waals surface area contributed by atoms with Crippen LogP contribution in [0.15, 0.2) is 69.9 Å². The van der Waals surface area contributed by atoms with Crippen LogP contribution < -0.4 is 0 Å². The van der Waals surface area contributed by atoms with Gasteiger partial charge in [-0.1, -0.05) is 18.2 Å². The summed E-state index contributed by atoms with van der Waals surface area (Å²) in [5.41, 5.74) is 1.70. The SMILES string of the molecule is c1cc(-c2n[nH]c(-c3ccco3)n2)cc(-c2n[nH]c(-c3ccco3)n2)c1. The molecule has 2 N–H and O–H groups in total. The average molecular weight is 344 g/mol. The fraction of sp³-hybridized carbons (Fsp3) is 0. The van der Waals surface area contributed by atoms with E-state index in [0.29, 0.717) is 34.8 Å². The fourth-order valence-corrected chi connectivity index (χ4v) is 2.63. The molecule has 0 unspecified atom stereocenters. The minimum absolute atomic E-state index is 0.569. The lowest BCUT2D eigenvalue weighted by molar-refractivity contribution is 0.577. The first-order chi connectivity index (χ1) is 12.9. The Balaban J connectivity index is 1.48. The van der Waals surface area contributed by atoms with E-state index in [1.54, 1.807) is 24.7 Å². The van der Waals surface area contributed by atoms with Crippen molar-refractivity contribution in [1.82, 2.24) is 30.4 Å². The zero-order valence-electron chi connectivity index (χ0n) is 13.4. The molecule has 26 heavy (non-hydrogen) atoms. The summed E-state index contributed by atoms with van der Waals surface area (Å²) in [5, 5.41) is 14.3. The van der Waals surface area contributed by atoms with Crippen molar-refractivity contribution in [3.63, 3.8) is 0 Å². The van der Waals surface area contributed by atoms with E-state index >= 15 is 0 Å². The number of benzene rings is 1. The topological polar surface area (TPSA) is 109 Å². The monoisotopic (exact) mass is 344 g/mol. The van der Waals surface area contributed by atoms with Crippen molar-refractivity contribution in [3.05, 3.63) is 61.1 Å². The van der Waals surface area contributed by atoms with Crippen LogP contribution in [0.2, 0.25) is 0 Å². The second-order valence-corrected chi connectivity index (χ2v) is 5.55. The molecular formula is C18H12N6O2. The number of nitrogens with one attached hydrogen (secondary N) is 2. The molecule has 0 atom stereocenters. The van der Waals surface area contributed by atoms with Crippen LogP contribution in [0.5, 0.6) is 0 Å². The van der Waals surface area contributed by atoms with Crippen molar-refractivity contribution < 1.29 is 8.83 Å². The van der Waals surface area contributed by atoms with E-state index in [1.807, 2.05) is 36.4 Å². The van der Waals surface area contributed by atoms with Gasteiger partial charge in [0.1, 0.15) is 0 Å². The van der Waals surface area contributed by atoms with E-state index in [-0.39, 0.29) is 0 Å². The molecule has 8 heteroatoms. The van der Waals surface area contributed by atoms with Crippen LogP contribution in [0.4, 0.5) is 0 Å². The molecule has 5 rings (SSSR count). The van der Waals surface area contributed by atoms with Crippen molar-refractivity contribution in [1.29, 1.82) is 0 Å². The van der Waals surface area contributed by atoms with Crippen molar-refractivity contribution in [2.75, 3.05) is 0 Å². The Kier molecular flexibility index (Phi) is 3.24. The second kappa shape index (κ2) is 5.85. The minimum atomic E-state index is 0.569. The number of aromatic nitrogens is 6. The van der Waals surface area contributed by atoms with Gasteiger partial charge >= 0.3 is 0 Å². The molecule has 4 heterocycles. The van der Waals surface area contributed by atoms with Crippen LogP contribution in [-0.2, 0) is 0 Å². The summed E-state index contributed by atoms with van der Waals surface area (Å²) in [6.45, 7) is 0. The standard InChI is InChI=1S/C18H12N6O2/c1-4-11(15-19-17(23-21-15)13-6-2-8-25-13)10-12(5-1)16-20-18(24-22-16)14-7-3-9-26-14/h1-10H,(H,19,21,23)(H,20,22,24). The molecule has 8 nitrogen and oxygen atoms in total. The van der Waals surface area contributed by atoms with Gasteiger partial charge < -0.3 is 8.83 Å². The summed E-state index contributed by atoms with van der Waals surface area (Å²) in [6.07, 6.45) is 3.19. The van der Waals surface area contributed by atoms with Crippen molar-refractivity contribution >= 4 is 0 Å². The molecule has 4 aromatic heterocycles. The zero-order chi connectivity index (χ0) is 17.3. The number of aromatic amines is 2. The Bertz CT molecular complexity index is 1050. The third-order valence-corrected chi connectivity index (χ3v) is 3.86. The van der Waals surface area contributed by atoms with E-state index in [4.69, 9.17) is 8.83 Å².